The highest BCUT2D eigenvalue weighted by Crippen LogP contribution is 2.25. The number of benzene rings is 3. The number of nitrogens with two attached hydrogens (primary N) is 1. The first-order valence-corrected chi connectivity index (χ1v) is 5.99. The molecule has 0 aliphatic rings. The highest BCUT2D eigenvalue weighted by Gasteiger charge is 2.02. The van der Waals surface area contributed by atoms with Gasteiger partial charge in [-0.25, -0.2) is 0 Å². The molecule has 84 valence electrons. The fraction of sp³-hybridized carbons (Fsp3) is 0.125. The molecule has 1 nitrogen and oxygen atoms in total. The molecule has 0 aromatic heterocycles. The van der Waals surface area contributed by atoms with Crippen LogP contribution in [0.2, 0.25) is 0 Å². The van der Waals surface area contributed by atoms with Crippen molar-refractivity contribution in [1.29, 1.82) is 0 Å². The number of hydrogen-bond acceptors (Lipinski definition) is 1. The minimum atomic E-state index is 0.700. The molecule has 1 heteroatoms. The summed E-state index contributed by atoms with van der Waals surface area (Å²) < 4.78 is 0. The molecule has 3 rings (SSSR count). The van der Waals surface area contributed by atoms with Crippen LogP contribution in [0.4, 0.5) is 0 Å². The molecule has 0 aliphatic heterocycles. The van der Waals surface area contributed by atoms with Crippen molar-refractivity contribution in [3.63, 3.8) is 0 Å². The zero-order valence-electron chi connectivity index (χ0n) is 9.69. The summed E-state index contributed by atoms with van der Waals surface area (Å²) in [6.07, 6.45) is 0.940. The molecule has 0 spiro atoms. The summed E-state index contributed by atoms with van der Waals surface area (Å²) in [6, 6.07) is 19.5. The van der Waals surface area contributed by atoms with Gasteiger partial charge in [-0.1, -0.05) is 42.5 Å². The van der Waals surface area contributed by atoms with Crippen molar-refractivity contribution in [1.82, 2.24) is 0 Å². The Balaban J connectivity index is 2.35. The summed E-state index contributed by atoms with van der Waals surface area (Å²) in [5.41, 5.74) is 7.01. The third-order valence-electron chi connectivity index (χ3n) is 3.25. The Morgan fingerprint density at radius 2 is 1.47 bits per heavy atom. The van der Waals surface area contributed by atoms with E-state index in [1.807, 2.05) is 0 Å². The molecular formula is C16H15N. The Bertz CT molecular complexity index is 670. The van der Waals surface area contributed by atoms with E-state index in [-0.39, 0.29) is 0 Å². The summed E-state index contributed by atoms with van der Waals surface area (Å²) in [6.45, 7) is 0.700. The van der Waals surface area contributed by atoms with Gasteiger partial charge in [-0.3, -0.25) is 0 Å². The predicted octanol–water partition coefficient (Wildman–Crippen LogP) is 3.49. The Labute approximate surface area is 101 Å². The van der Waals surface area contributed by atoms with Gasteiger partial charge in [0.15, 0.2) is 0 Å². The van der Waals surface area contributed by atoms with Gasteiger partial charge < -0.3 is 5.73 Å². The molecule has 0 saturated heterocycles. The molecule has 0 fully saturated rings. The standard InChI is InChI=1S/C16H15N/c17-9-8-12-6-3-7-15-10-13-4-1-2-5-14(13)11-16(12)15/h1-7,10-11H,8-9,17H2. The largest absolute Gasteiger partial charge is 0.330 e. The van der Waals surface area contributed by atoms with Gasteiger partial charge in [0.25, 0.3) is 0 Å². The molecule has 0 heterocycles. The van der Waals surface area contributed by atoms with Gasteiger partial charge in [0.05, 0.1) is 0 Å². The van der Waals surface area contributed by atoms with Crippen LogP contribution >= 0.6 is 0 Å². The quantitative estimate of drug-likeness (QED) is 0.658. The summed E-state index contributed by atoms with van der Waals surface area (Å²) in [5.74, 6) is 0. The highest BCUT2D eigenvalue weighted by atomic mass is 14.5. The average Bonchev–Trinajstić information content (AvgIpc) is 2.37. The first-order chi connectivity index (χ1) is 8.38. The summed E-state index contributed by atoms with van der Waals surface area (Å²) >= 11 is 0. The molecule has 3 aromatic rings. The lowest BCUT2D eigenvalue weighted by Crippen LogP contribution is -2.02. The number of hydrogen-bond donors (Lipinski definition) is 1. The molecule has 0 amide bonds. The fourth-order valence-corrected chi connectivity index (χ4v) is 2.41. The molecular weight excluding hydrogens is 206 g/mol. The predicted molar refractivity (Wildman–Crippen MR) is 74.2 cm³/mol. The van der Waals surface area contributed by atoms with Gasteiger partial charge in [-0.05, 0) is 52.2 Å². The van der Waals surface area contributed by atoms with E-state index in [4.69, 9.17) is 5.73 Å². The van der Waals surface area contributed by atoms with E-state index in [2.05, 4.69) is 54.6 Å². The highest BCUT2D eigenvalue weighted by molar-refractivity contribution is 5.99. The normalized spacial score (nSPS) is 11.1. The molecule has 0 bridgehead atoms. The molecule has 0 atom stereocenters. The van der Waals surface area contributed by atoms with Crippen molar-refractivity contribution < 1.29 is 0 Å². The Morgan fingerprint density at radius 1 is 0.765 bits per heavy atom. The van der Waals surface area contributed by atoms with Crippen molar-refractivity contribution in [2.75, 3.05) is 6.54 Å². The van der Waals surface area contributed by atoms with E-state index < -0.39 is 0 Å². The van der Waals surface area contributed by atoms with Crippen LogP contribution in [0.15, 0.2) is 54.6 Å². The first-order valence-electron chi connectivity index (χ1n) is 5.99. The molecule has 3 aromatic carbocycles. The van der Waals surface area contributed by atoms with Crippen molar-refractivity contribution in [3.05, 3.63) is 60.2 Å². The molecule has 2 N–H and O–H groups in total. The summed E-state index contributed by atoms with van der Waals surface area (Å²) in [7, 11) is 0. The monoisotopic (exact) mass is 221 g/mol. The van der Waals surface area contributed by atoms with Crippen LogP contribution in [0.5, 0.6) is 0 Å². The van der Waals surface area contributed by atoms with Crippen LogP contribution in [0.1, 0.15) is 5.56 Å². The van der Waals surface area contributed by atoms with Crippen LogP contribution in [0.25, 0.3) is 21.5 Å². The van der Waals surface area contributed by atoms with Crippen LogP contribution in [0, 0.1) is 0 Å². The second-order valence-corrected chi connectivity index (χ2v) is 4.38. The van der Waals surface area contributed by atoms with E-state index >= 15 is 0 Å². The topological polar surface area (TPSA) is 26.0 Å². The van der Waals surface area contributed by atoms with Crippen molar-refractivity contribution in [2.24, 2.45) is 5.73 Å². The fourth-order valence-electron chi connectivity index (χ4n) is 2.41. The SMILES string of the molecule is NCCc1cccc2cc3ccccc3cc12. The van der Waals surface area contributed by atoms with Gasteiger partial charge in [0.2, 0.25) is 0 Å². The second-order valence-electron chi connectivity index (χ2n) is 4.38. The lowest BCUT2D eigenvalue weighted by atomic mass is 9.98. The Morgan fingerprint density at radius 3 is 2.24 bits per heavy atom. The van der Waals surface area contributed by atoms with Crippen LogP contribution in [0.3, 0.4) is 0 Å². The lowest BCUT2D eigenvalue weighted by Gasteiger charge is -2.07. The van der Waals surface area contributed by atoms with Crippen LogP contribution in [-0.4, -0.2) is 6.54 Å². The van der Waals surface area contributed by atoms with Crippen LogP contribution in [-0.2, 0) is 6.42 Å². The van der Waals surface area contributed by atoms with Gasteiger partial charge in [0, 0.05) is 0 Å². The summed E-state index contributed by atoms with van der Waals surface area (Å²) in [4.78, 5) is 0. The lowest BCUT2D eigenvalue weighted by molar-refractivity contribution is 0.977. The zero-order chi connectivity index (χ0) is 11.7. The maximum absolute atomic E-state index is 5.66. The molecule has 0 aliphatic carbocycles. The van der Waals surface area contributed by atoms with E-state index in [0.29, 0.717) is 6.54 Å². The summed E-state index contributed by atoms with van der Waals surface area (Å²) in [5, 5.41) is 5.22. The van der Waals surface area contributed by atoms with Gasteiger partial charge in [0.1, 0.15) is 0 Å². The average molecular weight is 221 g/mol. The number of fused-ring (bicyclic) bond motifs is 2. The van der Waals surface area contributed by atoms with Crippen molar-refractivity contribution in [3.8, 4) is 0 Å². The third-order valence-corrected chi connectivity index (χ3v) is 3.25. The van der Waals surface area contributed by atoms with Gasteiger partial charge in [-0.2, -0.15) is 0 Å². The smallest absolute Gasteiger partial charge is 0.00365 e. The van der Waals surface area contributed by atoms with E-state index in [9.17, 15) is 0 Å². The molecule has 0 saturated carbocycles. The second kappa shape index (κ2) is 4.19. The van der Waals surface area contributed by atoms with Gasteiger partial charge in [-0.15, -0.1) is 0 Å². The molecule has 0 radical (unpaired) electrons. The van der Waals surface area contributed by atoms with Gasteiger partial charge >= 0.3 is 0 Å². The Hall–Kier alpha value is -1.86. The van der Waals surface area contributed by atoms with Crippen molar-refractivity contribution in [2.45, 2.75) is 6.42 Å². The van der Waals surface area contributed by atoms with E-state index in [0.717, 1.165) is 6.42 Å². The van der Waals surface area contributed by atoms with Crippen molar-refractivity contribution >= 4 is 21.5 Å². The van der Waals surface area contributed by atoms with E-state index in [1.165, 1.54) is 27.1 Å². The first kappa shape index (κ1) is 10.3. The molecule has 0 unspecified atom stereocenters. The van der Waals surface area contributed by atoms with Crippen LogP contribution < -0.4 is 5.73 Å². The maximum Gasteiger partial charge on any atom is -0.00365 e. The van der Waals surface area contributed by atoms with E-state index in [1.54, 1.807) is 0 Å². The maximum atomic E-state index is 5.66. The zero-order valence-corrected chi connectivity index (χ0v) is 9.69. The number of rotatable bonds is 2. The third kappa shape index (κ3) is 1.79. The minimum absolute atomic E-state index is 0.700. The Kier molecular flexibility index (Phi) is 2.54. The minimum Gasteiger partial charge on any atom is -0.330 e. The molecule has 17 heavy (non-hydrogen) atoms.